The summed E-state index contributed by atoms with van der Waals surface area (Å²) in [5, 5.41) is 0. The van der Waals surface area contributed by atoms with Crippen LogP contribution in [0.5, 0.6) is 0 Å². The summed E-state index contributed by atoms with van der Waals surface area (Å²) >= 11 is 0. The zero-order valence-corrected chi connectivity index (χ0v) is 32.6. The lowest BCUT2D eigenvalue weighted by atomic mass is 10.0. The van der Waals surface area contributed by atoms with Gasteiger partial charge in [-0.3, -0.25) is 14.4 Å². The third-order valence-electron chi connectivity index (χ3n) is 9.74. The Hall–Kier alpha value is -1.39. The standard InChI is InChI=1S/C43H82O5/c1-4-7-10-13-16-25-32-39-47-42(45)37-30-23-17-19-26-33-40(44)34-27-20-18-24-31-38-43(46)48-41(35-28-21-14-11-8-5-2)36-29-22-15-12-9-6-3/h41H,4-39H2,1-3H3. The van der Waals surface area contributed by atoms with Crippen molar-refractivity contribution in [3.63, 3.8) is 0 Å². The molecular weight excluding hydrogens is 596 g/mol. The predicted octanol–water partition coefficient (Wildman–Crippen LogP) is 13.7. The lowest BCUT2D eigenvalue weighted by Gasteiger charge is -2.18. The molecular formula is C43H82O5. The molecule has 0 aromatic carbocycles. The van der Waals surface area contributed by atoms with Crippen molar-refractivity contribution < 1.29 is 23.9 Å². The van der Waals surface area contributed by atoms with E-state index in [2.05, 4.69) is 20.8 Å². The van der Waals surface area contributed by atoms with E-state index in [1.54, 1.807) is 0 Å². The molecule has 0 spiro atoms. The van der Waals surface area contributed by atoms with Crippen LogP contribution >= 0.6 is 0 Å². The zero-order chi connectivity index (χ0) is 35.2. The van der Waals surface area contributed by atoms with Crippen LogP contribution in [-0.4, -0.2) is 30.4 Å². The third-order valence-corrected chi connectivity index (χ3v) is 9.74. The Balaban J connectivity index is 3.75. The Bertz CT molecular complexity index is 689. The second kappa shape index (κ2) is 38.4. The lowest BCUT2D eigenvalue weighted by molar-refractivity contribution is -0.150. The molecule has 0 aromatic rings. The van der Waals surface area contributed by atoms with Crippen molar-refractivity contribution in [1.29, 1.82) is 0 Å². The van der Waals surface area contributed by atoms with Crippen molar-refractivity contribution in [2.75, 3.05) is 6.61 Å². The molecule has 0 aliphatic heterocycles. The fourth-order valence-electron chi connectivity index (χ4n) is 6.50. The van der Waals surface area contributed by atoms with Crippen LogP contribution in [0.25, 0.3) is 0 Å². The Morgan fingerprint density at radius 2 is 0.708 bits per heavy atom. The minimum atomic E-state index is -0.0534. The van der Waals surface area contributed by atoms with E-state index in [4.69, 9.17) is 9.47 Å². The van der Waals surface area contributed by atoms with Gasteiger partial charge in [0.2, 0.25) is 0 Å². The van der Waals surface area contributed by atoms with Crippen LogP contribution in [0.15, 0.2) is 0 Å². The second-order valence-electron chi connectivity index (χ2n) is 14.6. The monoisotopic (exact) mass is 679 g/mol. The summed E-state index contributed by atoms with van der Waals surface area (Å²) in [6, 6.07) is 0. The lowest BCUT2D eigenvalue weighted by Crippen LogP contribution is -2.18. The summed E-state index contributed by atoms with van der Waals surface area (Å²) in [6.45, 7) is 7.32. The van der Waals surface area contributed by atoms with E-state index < -0.39 is 0 Å². The van der Waals surface area contributed by atoms with Crippen LogP contribution in [0.2, 0.25) is 0 Å². The highest BCUT2D eigenvalue weighted by molar-refractivity contribution is 5.78. The van der Waals surface area contributed by atoms with Gasteiger partial charge < -0.3 is 9.47 Å². The van der Waals surface area contributed by atoms with Gasteiger partial charge in [-0.15, -0.1) is 0 Å². The smallest absolute Gasteiger partial charge is 0.306 e. The largest absolute Gasteiger partial charge is 0.466 e. The maximum Gasteiger partial charge on any atom is 0.306 e. The minimum Gasteiger partial charge on any atom is -0.466 e. The molecule has 48 heavy (non-hydrogen) atoms. The quantitative estimate of drug-likeness (QED) is 0.0478. The number of hydrogen-bond acceptors (Lipinski definition) is 5. The fraction of sp³-hybridized carbons (Fsp3) is 0.930. The number of hydrogen-bond donors (Lipinski definition) is 0. The SMILES string of the molecule is CCCCCCCCCOC(=O)CCCCCCCC(=O)CCCCCCCC(=O)OC(CCCCCCCC)CCCCCCCC. The molecule has 0 heterocycles. The second-order valence-corrected chi connectivity index (χ2v) is 14.6. The molecule has 0 fully saturated rings. The Morgan fingerprint density at radius 1 is 0.375 bits per heavy atom. The van der Waals surface area contributed by atoms with E-state index >= 15 is 0 Å². The number of rotatable bonds is 39. The summed E-state index contributed by atoms with van der Waals surface area (Å²) in [4.78, 5) is 36.8. The van der Waals surface area contributed by atoms with E-state index in [0.717, 1.165) is 89.9 Å². The van der Waals surface area contributed by atoms with Gasteiger partial charge in [-0.2, -0.15) is 0 Å². The molecule has 284 valence electrons. The van der Waals surface area contributed by atoms with Crippen LogP contribution < -0.4 is 0 Å². The molecule has 0 amide bonds. The van der Waals surface area contributed by atoms with Crippen LogP contribution in [0.3, 0.4) is 0 Å². The van der Waals surface area contributed by atoms with Gasteiger partial charge in [0, 0.05) is 25.7 Å². The van der Waals surface area contributed by atoms with Crippen LogP contribution in [0.4, 0.5) is 0 Å². The van der Waals surface area contributed by atoms with E-state index in [1.165, 1.54) is 109 Å². The Kier molecular flexibility index (Phi) is 37.3. The molecule has 0 aliphatic carbocycles. The van der Waals surface area contributed by atoms with Gasteiger partial charge in [-0.1, -0.05) is 162 Å². The third kappa shape index (κ3) is 35.9. The Morgan fingerprint density at radius 3 is 1.15 bits per heavy atom. The molecule has 0 bridgehead atoms. The zero-order valence-electron chi connectivity index (χ0n) is 32.6. The van der Waals surface area contributed by atoms with Crippen molar-refractivity contribution in [3.05, 3.63) is 0 Å². The molecule has 0 N–H and O–H groups in total. The fourth-order valence-corrected chi connectivity index (χ4v) is 6.50. The summed E-state index contributed by atoms with van der Waals surface area (Å²) in [5.74, 6) is 0.322. The van der Waals surface area contributed by atoms with E-state index in [9.17, 15) is 14.4 Å². The van der Waals surface area contributed by atoms with Crippen molar-refractivity contribution in [1.82, 2.24) is 0 Å². The van der Waals surface area contributed by atoms with E-state index in [-0.39, 0.29) is 18.0 Å². The predicted molar refractivity (Wildman–Crippen MR) is 204 cm³/mol. The van der Waals surface area contributed by atoms with Gasteiger partial charge >= 0.3 is 11.9 Å². The average Bonchev–Trinajstić information content (AvgIpc) is 3.07. The molecule has 0 saturated heterocycles. The van der Waals surface area contributed by atoms with Crippen molar-refractivity contribution in [2.45, 2.75) is 252 Å². The highest BCUT2D eigenvalue weighted by Crippen LogP contribution is 2.19. The van der Waals surface area contributed by atoms with E-state index in [0.29, 0.717) is 38.1 Å². The highest BCUT2D eigenvalue weighted by Gasteiger charge is 2.14. The first-order chi connectivity index (χ1) is 23.5. The molecule has 0 aliphatic rings. The Labute approximate surface area is 299 Å². The molecule has 0 aromatic heterocycles. The number of unbranched alkanes of at least 4 members (excludes halogenated alkanes) is 24. The summed E-state index contributed by atoms with van der Waals surface area (Å²) in [5.41, 5.74) is 0. The van der Waals surface area contributed by atoms with Gasteiger partial charge in [0.05, 0.1) is 6.61 Å². The number of ether oxygens (including phenoxy) is 2. The van der Waals surface area contributed by atoms with Gasteiger partial charge in [0.15, 0.2) is 0 Å². The molecule has 5 heteroatoms. The summed E-state index contributed by atoms with van der Waals surface area (Å²) in [6.07, 6.45) is 38.6. The first kappa shape index (κ1) is 46.6. The first-order valence-electron chi connectivity index (χ1n) is 21.4. The number of carbonyl (C=O) groups is 3. The number of ketones is 1. The molecule has 5 nitrogen and oxygen atoms in total. The average molecular weight is 679 g/mol. The van der Waals surface area contributed by atoms with Crippen molar-refractivity contribution in [2.24, 2.45) is 0 Å². The molecule has 0 atom stereocenters. The summed E-state index contributed by atoms with van der Waals surface area (Å²) < 4.78 is 11.3. The number of carbonyl (C=O) groups excluding carboxylic acids is 3. The van der Waals surface area contributed by atoms with Gasteiger partial charge in [0.25, 0.3) is 0 Å². The molecule has 0 saturated carbocycles. The van der Waals surface area contributed by atoms with E-state index in [1.807, 2.05) is 0 Å². The topological polar surface area (TPSA) is 69.7 Å². The van der Waals surface area contributed by atoms with Gasteiger partial charge in [-0.05, 0) is 57.8 Å². The van der Waals surface area contributed by atoms with Gasteiger partial charge in [0.1, 0.15) is 11.9 Å². The van der Waals surface area contributed by atoms with Crippen LogP contribution in [0, 0.1) is 0 Å². The highest BCUT2D eigenvalue weighted by atomic mass is 16.5. The van der Waals surface area contributed by atoms with Crippen molar-refractivity contribution in [3.8, 4) is 0 Å². The maximum absolute atomic E-state index is 12.6. The maximum atomic E-state index is 12.6. The van der Waals surface area contributed by atoms with Crippen LogP contribution in [-0.2, 0) is 23.9 Å². The number of Topliss-reactive ketones (excluding diaryl/α,β-unsaturated/α-hetero) is 1. The molecule has 0 unspecified atom stereocenters. The number of esters is 2. The minimum absolute atomic E-state index is 0.00845. The van der Waals surface area contributed by atoms with Gasteiger partial charge in [-0.25, -0.2) is 0 Å². The van der Waals surface area contributed by atoms with Crippen molar-refractivity contribution >= 4 is 17.7 Å². The summed E-state index contributed by atoms with van der Waals surface area (Å²) in [7, 11) is 0. The first-order valence-corrected chi connectivity index (χ1v) is 21.4. The normalized spacial score (nSPS) is 11.3. The molecule has 0 rings (SSSR count). The van der Waals surface area contributed by atoms with Crippen LogP contribution in [0.1, 0.15) is 245 Å². The molecule has 0 radical (unpaired) electrons.